The number of benzene rings is 2. The molecule has 0 heterocycles. The van der Waals surface area contributed by atoms with Crippen molar-refractivity contribution < 1.29 is 22.3 Å². The molecule has 27 heavy (non-hydrogen) atoms. The summed E-state index contributed by atoms with van der Waals surface area (Å²) in [5.74, 6) is -0.656. The van der Waals surface area contributed by atoms with Crippen molar-refractivity contribution in [2.24, 2.45) is 10.6 Å². The number of carbonyl (C=O) groups excluding carboxylic acids is 1. The predicted octanol–water partition coefficient (Wildman–Crippen LogP) is 2.40. The van der Waals surface area contributed by atoms with Gasteiger partial charge in [-0.1, -0.05) is 26.0 Å². The Kier molecular flexibility index (Phi) is 4.73. The number of halogens is 1. The molecular formula is C19H21FN2O4S. The third kappa shape index (κ3) is 3.68. The van der Waals surface area contributed by atoms with E-state index in [-0.39, 0.29) is 27.8 Å². The number of methoxy groups -OCH3 is 1. The molecule has 2 atom stereocenters. The third-order valence-electron chi connectivity index (χ3n) is 5.09. The van der Waals surface area contributed by atoms with Gasteiger partial charge in [0.05, 0.1) is 17.6 Å². The molecule has 3 N–H and O–H groups in total. The summed E-state index contributed by atoms with van der Waals surface area (Å²) in [5.41, 5.74) is 0.784. The molecule has 0 bridgehead atoms. The molecule has 3 rings (SSSR count). The predicted molar refractivity (Wildman–Crippen MR) is 98.5 cm³/mol. The number of amides is 1. The number of primary sulfonamides is 1. The number of hydrogen-bond acceptors (Lipinski definition) is 4. The van der Waals surface area contributed by atoms with Crippen molar-refractivity contribution in [3.8, 4) is 5.75 Å². The number of rotatable bonds is 5. The molecule has 0 unspecified atom stereocenters. The molecular weight excluding hydrogens is 371 g/mol. The molecule has 0 aliphatic heterocycles. The largest absolute Gasteiger partial charge is 0.496 e. The van der Waals surface area contributed by atoms with E-state index < -0.39 is 21.7 Å². The van der Waals surface area contributed by atoms with Crippen molar-refractivity contribution in [1.29, 1.82) is 0 Å². The van der Waals surface area contributed by atoms with Crippen LogP contribution in [0.25, 0.3) is 0 Å². The van der Waals surface area contributed by atoms with E-state index in [0.717, 1.165) is 11.6 Å². The van der Waals surface area contributed by atoms with Crippen molar-refractivity contribution in [3.05, 3.63) is 59.4 Å². The summed E-state index contributed by atoms with van der Waals surface area (Å²) >= 11 is 0. The highest BCUT2D eigenvalue weighted by Crippen LogP contribution is 2.58. The zero-order valence-corrected chi connectivity index (χ0v) is 16.0. The van der Waals surface area contributed by atoms with Gasteiger partial charge in [-0.2, -0.15) is 0 Å². The van der Waals surface area contributed by atoms with Crippen LogP contribution in [0.2, 0.25) is 0 Å². The van der Waals surface area contributed by atoms with Gasteiger partial charge in [0, 0.05) is 12.0 Å². The maximum absolute atomic E-state index is 13.5. The lowest BCUT2D eigenvalue weighted by Crippen LogP contribution is -2.29. The molecule has 0 aromatic heterocycles. The molecule has 0 spiro atoms. The highest BCUT2D eigenvalue weighted by Gasteiger charge is 2.59. The second-order valence-electron chi connectivity index (χ2n) is 7.21. The first-order valence-electron chi connectivity index (χ1n) is 8.33. The first-order chi connectivity index (χ1) is 12.6. The fourth-order valence-electron chi connectivity index (χ4n) is 3.47. The van der Waals surface area contributed by atoms with Gasteiger partial charge in [-0.15, -0.1) is 0 Å². The molecule has 1 amide bonds. The third-order valence-corrected chi connectivity index (χ3v) is 6.02. The lowest BCUT2D eigenvalue weighted by Gasteiger charge is -2.10. The van der Waals surface area contributed by atoms with E-state index in [0.29, 0.717) is 5.75 Å². The van der Waals surface area contributed by atoms with Gasteiger partial charge in [0.15, 0.2) is 0 Å². The number of sulfonamides is 1. The Balaban J connectivity index is 1.80. The minimum absolute atomic E-state index is 0.00414. The van der Waals surface area contributed by atoms with Gasteiger partial charge in [0.2, 0.25) is 10.0 Å². The summed E-state index contributed by atoms with van der Waals surface area (Å²) in [4.78, 5) is 12.7. The molecule has 1 aliphatic rings. The van der Waals surface area contributed by atoms with Crippen molar-refractivity contribution >= 4 is 15.9 Å². The van der Waals surface area contributed by atoms with Crippen LogP contribution in [-0.2, 0) is 10.0 Å². The van der Waals surface area contributed by atoms with E-state index in [1.54, 1.807) is 12.1 Å². The summed E-state index contributed by atoms with van der Waals surface area (Å²) in [5, 5.41) is 8.05. The molecule has 144 valence electrons. The summed E-state index contributed by atoms with van der Waals surface area (Å²) in [6.07, 6.45) is 0. The van der Waals surface area contributed by atoms with Crippen LogP contribution >= 0.6 is 0 Å². The molecule has 1 aliphatic carbocycles. The Hall–Kier alpha value is -2.45. The zero-order chi connectivity index (χ0) is 20.0. The van der Waals surface area contributed by atoms with Crippen molar-refractivity contribution in [2.45, 2.75) is 30.7 Å². The van der Waals surface area contributed by atoms with Gasteiger partial charge in [-0.05, 0) is 41.3 Å². The maximum atomic E-state index is 13.5. The number of nitrogens with one attached hydrogen (secondary N) is 1. The molecule has 6 nitrogen and oxygen atoms in total. The summed E-state index contributed by atoms with van der Waals surface area (Å²) in [6, 6.07) is 9.89. The molecule has 2 aromatic carbocycles. The van der Waals surface area contributed by atoms with Crippen LogP contribution in [0.4, 0.5) is 4.39 Å². The normalized spacial score (nSPS) is 20.8. The standard InChI is InChI=1S/C19H21FN2O4S/c1-19(2)16(11-4-7-13(8-5-11)27(21,24)25)17(19)22-18(23)14-10-12(20)6-9-15(14)26-3/h4-10,16-17H,1-3H3,(H,22,23)(H2,21,24,25)/t16-,17+/m1/s1. The monoisotopic (exact) mass is 392 g/mol. The topological polar surface area (TPSA) is 98.5 Å². The Morgan fingerprint density at radius 2 is 1.81 bits per heavy atom. The van der Waals surface area contributed by atoms with Gasteiger partial charge < -0.3 is 10.1 Å². The molecule has 2 aromatic rings. The number of ether oxygens (including phenoxy) is 1. The number of carbonyl (C=O) groups is 1. The van der Waals surface area contributed by atoms with Gasteiger partial charge in [0.25, 0.3) is 5.91 Å². The summed E-state index contributed by atoms with van der Waals surface area (Å²) in [7, 11) is -2.34. The second-order valence-corrected chi connectivity index (χ2v) is 8.77. The van der Waals surface area contributed by atoms with E-state index in [2.05, 4.69) is 5.32 Å². The van der Waals surface area contributed by atoms with Crippen molar-refractivity contribution in [1.82, 2.24) is 5.32 Å². The minimum Gasteiger partial charge on any atom is -0.496 e. The summed E-state index contributed by atoms with van der Waals surface area (Å²) < 4.78 is 41.4. The van der Waals surface area contributed by atoms with Crippen molar-refractivity contribution in [2.75, 3.05) is 7.11 Å². The smallest absolute Gasteiger partial charge is 0.255 e. The molecule has 8 heteroatoms. The minimum atomic E-state index is -3.75. The molecule has 0 radical (unpaired) electrons. The fraction of sp³-hybridized carbons (Fsp3) is 0.316. The summed E-state index contributed by atoms with van der Waals surface area (Å²) in [6.45, 7) is 4.00. The Morgan fingerprint density at radius 1 is 1.19 bits per heavy atom. The van der Waals surface area contributed by atoms with E-state index in [9.17, 15) is 17.6 Å². The van der Waals surface area contributed by atoms with Gasteiger partial charge in [-0.25, -0.2) is 17.9 Å². The zero-order valence-electron chi connectivity index (χ0n) is 15.2. The van der Waals surface area contributed by atoms with Crippen LogP contribution in [-0.4, -0.2) is 27.5 Å². The average molecular weight is 392 g/mol. The van der Waals surface area contributed by atoms with Crippen LogP contribution in [0.1, 0.15) is 35.7 Å². The second kappa shape index (κ2) is 6.61. The lowest BCUT2D eigenvalue weighted by atomic mass is 10.0. The van der Waals surface area contributed by atoms with Crippen LogP contribution in [0, 0.1) is 11.2 Å². The van der Waals surface area contributed by atoms with E-state index in [1.165, 1.54) is 31.4 Å². The Labute approximate surface area is 157 Å². The van der Waals surface area contributed by atoms with Crippen LogP contribution < -0.4 is 15.2 Å². The van der Waals surface area contributed by atoms with Gasteiger partial charge in [0.1, 0.15) is 11.6 Å². The molecule has 1 saturated carbocycles. The van der Waals surface area contributed by atoms with Crippen molar-refractivity contribution in [3.63, 3.8) is 0 Å². The quantitative estimate of drug-likeness (QED) is 0.816. The number of nitrogens with two attached hydrogens (primary N) is 1. The number of hydrogen-bond donors (Lipinski definition) is 2. The Morgan fingerprint density at radius 3 is 2.37 bits per heavy atom. The van der Waals surface area contributed by atoms with E-state index in [1.807, 2.05) is 13.8 Å². The molecule has 0 saturated heterocycles. The molecule has 1 fully saturated rings. The Bertz CT molecular complexity index is 987. The first-order valence-corrected chi connectivity index (χ1v) is 9.87. The lowest BCUT2D eigenvalue weighted by molar-refractivity contribution is 0.0942. The first kappa shape index (κ1) is 19.3. The SMILES string of the molecule is COc1ccc(F)cc1C(=O)N[C@H]1[C@@H](c2ccc(S(N)(=O)=O)cc2)C1(C)C. The van der Waals surface area contributed by atoms with Gasteiger partial charge >= 0.3 is 0 Å². The van der Waals surface area contributed by atoms with Crippen LogP contribution in [0.3, 0.4) is 0 Å². The maximum Gasteiger partial charge on any atom is 0.255 e. The van der Waals surface area contributed by atoms with Crippen LogP contribution in [0.15, 0.2) is 47.4 Å². The fourth-order valence-corrected chi connectivity index (χ4v) is 3.99. The van der Waals surface area contributed by atoms with Crippen LogP contribution in [0.5, 0.6) is 5.75 Å². The van der Waals surface area contributed by atoms with E-state index >= 15 is 0 Å². The van der Waals surface area contributed by atoms with Gasteiger partial charge in [-0.3, -0.25) is 4.79 Å². The highest BCUT2D eigenvalue weighted by molar-refractivity contribution is 7.89. The van der Waals surface area contributed by atoms with E-state index in [4.69, 9.17) is 9.88 Å². The highest BCUT2D eigenvalue weighted by atomic mass is 32.2. The average Bonchev–Trinajstić information content (AvgIpc) is 3.14.